The van der Waals surface area contributed by atoms with Gasteiger partial charge in [0.2, 0.25) is 0 Å². The van der Waals surface area contributed by atoms with Gasteiger partial charge in [0, 0.05) is 24.2 Å². The van der Waals surface area contributed by atoms with Gasteiger partial charge in [0.05, 0.1) is 13.5 Å². The monoisotopic (exact) mass is 207 g/mol. The molecule has 0 unspecified atom stereocenters. The van der Waals surface area contributed by atoms with Crippen molar-refractivity contribution in [2.24, 2.45) is 0 Å². The zero-order chi connectivity index (χ0) is 10.8. The first kappa shape index (κ1) is 9.83. The van der Waals surface area contributed by atoms with Gasteiger partial charge in [-0.3, -0.25) is 4.79 Å². The van der Waals surface area contributed by atoms with Crippen LogP contribution >= 0.6 is 0 Å². The van der Waals surface area contributed by atoms with Crippen LogP contribution in [0.25, 0.3) is 0 Å². The fraction of sp³-hybridized carbons (Fsp3) is 0.364. The molecule has 1 aliphatic heterocycles. The second-order valence-electron chi connectivity index (χ2n) is 3.63. The molecule has 80 valence electrons. The summed E-state index contributed by atoms with van der Waals surface area (Å²) in [7, 11) is 1.62. The fourth-order valence-electron chi connectivity index (χ4n) is 1.91. The first-order chi connectivity index (χ1) is 7.20. The minimum absolute atomic E-state index is 0.0726. The Kier molecular flexibility index (Phi) is 2.49. The molecule has 0 saturated carbocycles. The van der Waals surface area contributed by atoms with Crippen LogP contribution in [0, 0.1) is 0 Å². The molecule has 1 heterocycles. The Morgan fingerprint density at radius 2 is 2.47 bits per heavy atom. The quantitative estimate of drug-likeness (QED) is 0.791. The van der Waals surface area contributed by atoms with E-state index < -0.39 is 5.97 Å². The highest BCUT2D eigenvalue weighted by Gasteiger charge is 2.24. The Balaban J connectivity index is 2.24. The summed E-state index contributed by atoms with van der Waals surface area (Å²) in [6.07, 6.45) is 0.173. The molecule has 0 spiro atoms. The predicted octanol–water partition coefficient (Wildman–Crippen LogP) is 1.68. The molecule has 0 saturated heterocycles. The van der Waals surface area contributed by atoms with Crippen LogP contribution in [0.5, 0.6) is 5.75 Å². The number of aliphatic carboxylic acids is 1. The van der Waals surface area contributed by atoms with Crippen molar-refractivity contribution in [1.29, 1.82) is 0 Å². The zero-order valence-electron chi connectivity index (χ0n) is 8.49. The van der Waals surface area contributed by atoms with Crippen molar-refractivity contribution in [1.82, 2.24) is 0 Å². The van der Waals surface area contributed by atoms with E-state index in [1.54, 1.807) is 7.11 Å². The molecular weight excluding hydrogens is 194 g/mol. The van der Waals surface area contributed by atoms with E-state index in [2.05, 4.69) is 5.32 Å². The van der Waals surface area contributed by atoms with Crippen LogP contribution in [0.3, 0.4) is 0 Å². The SMILES string of the molecule is COc1ccc2c(c1)NC[C@@H]2CC(=O)O. The normalized spacial score (nSPS) is 18.1. The lowest BCUT2D eigenvalue weighted by atomic mass is 9.98. The van der Waals surface area contributed by atoms with E-state index in [4.69, 9.17) is 9.84 Å². The first-order valence-electron chi connectivity index (χ1n) is 4.84. The molecule has 0 aliphatic carbocycles. The number of rotatable bonds is 3. The van der Waals surface area contributed by atoms with Crippen LogP contribution in [0.1, 0.15) is 17.9 Å². The number of carboxylic acids is 1. The summed E-state index contributed by atoms with van der Waals surface area (Å²) in [6, 6.07) is 5.69. The maximum atomic E-state index is 10.6. The number of fused-ring (bicyclic) bond motifs is 1. The number of hydrogen-bond donors (Lipinski definition) is 2. The molecule has 1 aromatic rings. The van der Waals surface area contributed by atoms with Gasteiger partial charge in [-0.25, -0.2) is 0 Å². The molecule has 0 aromatic heterocycles. The third-order valence-electron chi connectivity index (χ3n) is 2.66. The molecule has 1 aliphatic rings. The molecule has 0 amide bonds. The first-order valence-corrected chi connectivity index (χ1v) is 4.84. The Bertz CT molecular complexity index is 389. The van der Waals surface area contributed by atoms with Gasteiger partial charge < -0.3 is 15.2 Å². The number of methoxy groups -OCH3 is 1. The highest BCUT2D eigenvalue weighted by molar-refractivity contribution is 5.71. The summed E-state index contributed by atoms with van der Waals surface area (Å²) in [5, 5.41) is 11.9. The Labute approximate surface area is 87.9 Å². The molecule has 0 bridgehead atoms. The van der Waals surface area contributed by atoms with Gasteiger partial charge in [-0.1, -0.05) is 6.07 Å². The summed E-state index contributed by atoms with van der Waals surface area (Å²) in [5.74, 6) is 0.103. The number of nitrogens with one attached hydrogen (secondary N) is 1. The highest BCUT2D eigenvalue weighted by atomic mass is 16.5. The number of ether oxygens (including phenoxy) is 1. The largest absolute Gasteiger partial charge is 0.497 e. The van der Waals surface area contributed by atoms with Crippen molar-refractivity contribution in [3.63, 3.8) is 0 Å². The maximum absolute atomic E-state index is 10.6. The van der Waals surface area contributed by atoms with E-state index in [-0.39, 0.29) is 12.3 Å². The van der Waals surface area contributed by atoms with Gasteiger partial charge in [-0.05, 0) is 11.6 Å². The molecule has 4 nitrogen and oxygen atoms in total. The number of hydrogen-bond acceptors (Lipinski definition) is 3. The summed E-state index contributed by atoms with van der Waals surface area (Å²) in [6.45, 7) is 0.689. The lowest BCUT2D eigenvalue weighted by Gasteiger charge is -2.07. The topological polar surface area (TPSA) is 58.6 Å². The smallest absolute Gasteiger partial charge is 0.304 e. The fourth-order valence-corrected chi connectivity index (χ4v) is 1.91. The number of carbonyl (C=O) groups is 1. The van der Waals surface area contributed by atoms with E-state index in [1.807, 2.05) is 18.2 Å². The standard InChI is InChI=1S/C11H13NO3/c1-15-8-2-3-9-7(4-11(13)14)6-12-10(9)5-8/h2-3,5,7,12H,4,6H2,1H3,(H,13,14)/t7-/m0/s1. The molecule has 15 heavy (non-hydrogen) atoms. The van der Waals surface area contributed by atoms with Crippen LogP contribution in [-0.4, -0.2) is 24.7 Å². The van der Waals surface area contributed by atoms with Gasteiger partial charge >= 0.3 is 5.97 Å². The third kappa shape index (κ3) is 1.88. The second kappa shape index (κ2) is 3.81. The summed E-state index contributed by atoms with van der Waals surface area (Å²) >= 11 is 0. The Hall–Kier alpha value is -1.71. The van der Waals surface area contributed by atoms with Gasteiger partial charge in [-0.2, -0.15) is 0 Å². The molecule has 0 radical (unpaired) electrons. The summed E-state index contributed by atoms with van der Waals surface area (Å²) < 4.78 is 5.10. The van der Waals surface area contributed by atoms with Gasteiger partial charge in [-0.15, -0.1) is 0 Å². The average molecular weight is 207 g/mol. The molecule has 0 fully saturated rings. The van der Waals surface area contributed by atoms with Crippen molar-refractivity contribution in [2.75, 3.05) is 19.0 Å². The van der Waals surface area contributed by atoms with Gasteiger partial charge in [0.15, 0.2) is 0 Å². The minimum atomic E-state index is -0.759. The molecule has 2 rings (SSSR count). The van der Waals surface area contributed by atoms with E-state index >= 15 is 0 Å². The number of carboxylic acid groups (broad SMARTS) is 1. The van der Waals surface area contributed by atoms with E-state index in [0.717, 1.165) is 17.0 Å². The van der Waals surface area contributed by atoms with Crippen molar-refractivity contribution in [3.05, 3.63) is 23.8 Å². The zero-order valence-corrected chi connectivity index (χ0v) is 8.49. The Morgan fingerprint density at radius 1 is 1.67 bits per heavy atom. The molecule has 1 aromatic carbocycles. The second-order valence-corrected chi connectivity index (χ2v) is 3.63. The van der Waals surface area contributed by atoms with Gasteiger partial charge in [0.1, 0.15) is 5.75 Å². The van der Waals surface area contributed by atoms with Crippen LogP contribution in [0.15, 0.2) is 18.2 Å². The maximum Gasteiger partial charge on any atom is 0.304 e. The van der Waals surface area contributed by atoms with Crippen molar-refractivity contribution in [2.45, 2.75) is 12.3 Å². The van der Waals surface area contributed by atoms with Gasteiger partial charge in [0.25, 0.3) is 0 Å². The van der Waals surface area contributed by atoms with E-state index in [9.17, 15) is 4.79 Å². The predicted molar refractivity (Wildman–Crippen MR) is 56.5 cm³/mol. The highest BCUT2D eigenvalue weighted by Crippen LogP contribution is 2.35. The lowest BCUT2D eigenvalue weighted by molar-refractivity contribution is -0.137. The van der Waals surface area contributed by atoms with Crippen LogP contribution in [-0.2, 0) is 4.79 Å². The minimum Gasteiger partial charge on any atom is -0.497 e. The molecule has 1 atom stereocenters. The molecule has 2 N–H and O–H groups in total. The van der Waals surface area contributed by atoms with E-state index in [1.165, 1.54) is 0 Å². The van der Waals surface area contributed by atoms with Crippen molar-refractivity contribution in [3.8, 4) is 5.75 Å². The molecule has 4 heteroatoms. The molecular formula is C11H13NO3. The lowest BCUT2D eigenvalue weighted by Crippen LogP contribution is -2.07. The summed E-state index contributed by atoms with van der Waals surface area (Å²) in [5.41, 5.74) is 2.05. The third-order valence-corrected chi connectivity index (χ3v) is 2.66. The number of benzene rings is 1. The van der Waals surface area contributed by atoms with Crippen LogP contribution in [0.4, 0.5) is 5.69 Å². The summed E-state index contributed by atoms with van der Waals surface area (Å²) in [4.78, 5) is 10.6. The van der Waals surface area contributed by atoms with Crippen LogP contribution in [0.2, 0.25) is 0 Å². The van der Waals surface area contributed by atoms with Crippen molar-refractivity contribution < 1.29 is 14.6 Å². The number of anilines is 1. The average Bonchev–Trinajstić information content (AvgIpc) is 2.60. The van der Waals surface area contributed by atoms with Crippen molar-refractivity contribution >= 4 is 11.7 Å². The Morgan fingerprint density at radius 3 is 3.13 bits per heavy atom. The van der Waals surface area contributed by atoms with E-state index in [0.29, 0.717) is 6.54 Å². The van der Waals surface area contributed by atoms with Crippen LogP contribution < -0.4 is 10.1 Å².